The van der Waals surface area contributed by atoms with Gasteiger partial charge in [-0.1, -0.05) is 6.92 Å². The van der Waals surface area contributed by atoms with Gasteiger partial charge in [0, 0.05) is 36.4 Å². The molecule has 0 spiro atoms. The van der Waals surface area contributed by atoms with E-state index in [1.807, 2.05) is 6.07 Å². The molecule has 5 nitrogen and oxygen atoms in total. The van der Waals surface area contributed by atoms with E-state index in [9.17, 15) is 13.2 Å². The molecule has 2 aromatic heterocycles. The molecule has 0 aliphatic carbocycles. The normalized spacial score (nSPS) is 17.3. The van der Waals surface area contributed by atoms with Gasteiger partial charge in [-0.25, -0.2) is 8.42 Å². The number of thiophene rings is 2. The lowest BCUT2D eigenvalue weighted by atomic mass is 10.3. The van der Waals surface area contributed by atoms with Gasteiger partial charge in [0.15, 0.2) is 0 Å². The number of hydrogen-bond acceptors (Lipinski definition) is 5. The van der Waals surface area contributed by atoms with Crippen LogP contribution in [0.1, 0.15) is 21.5 Å². The van der Waals surface area contributed by atoms with Crippen molar-refractivity contribution in [2.75, 3.05) is 32.4 Å². The average molecular weight is 359 g/mol. The summed E-state index contributed by atoms with van der Waals surface area (Å²) in [5.41, 5.74) is 0. The molecule has 3 heterocycles. The number of amides is 1. The molecular weight excluding hydrogens is 340 g/mol. The summed E-state index contributed by atoms with van der Waals surface area (Å²) in [6, 6.07) is 4.11. The van der Waals surface area contributed by atoms with Gasteiger partial charge in [0.1, 0.15) is 0 Å². The molecular formula is C14H18N2O3S3. The summed E-state index contributed by atoms with van der Waals surface area (Å²) in [6.07, 6.45) is 2.23. The second-order valence-corrected chi connectivity index (χ2v) is 9.80. The minimum atomic E-state index is -3.16. The largest absolute Gasteiger partial charge is 0.335 e. The Kier molecular flexibility index (Phi) is 4.28. The molecule has 0 aromatic carbocycles. The maximum absolute atomic E-state index is 12.6. The lowest BCUT2D eigenvalue weighted by Gasteiger charge is -2.32. The Morgan fingerprint density at radius 3 is 2.41 bits per heavy atom. The van der Waals surface area contributed by atoms with Gasteiger partial charge in [0.05, 0.1) is 15.1 Å². The number of piperazine rings is 1. The molecule has 0 unspecified atom stereocenters. The van der Waals surface area contributed by atoms with E-state index in [0.717, 1.165) is 16.7 Å². The molecule has 1 aliphatic heterocycles. The van der Waals surface area contributed by atoms with E-state index in [4.69, 9.17) is 0 Å². The van der Waals surface area contributed by atoms with E-state index < -0.39 is 10.0 Å². The molecule has 0 N–H and O–H groups in total. The third-order valence-electron chi connectivity index (χ3n) is 3.82. The smallest absolute Gasteiger partial charge is 0.264 e. The number of nitrogens with zero attached hydrogens (tertiary/aromatic N) is 2. The van der Waals surface area contributed by atoms with E-state index in [2.05, 4.69) is 13.0 Å². The van der Waals surface area contributed by atoms with Crippen molar-refractivity contribution in [3.8, 4) is 0 Å². The third-order valence-corrected chi connectivity index (χ3v) is 7.65. The van der Waals surface area contributed by atoms with Crippen molar-refractivity contribution < 1.29 is 13.2 Å². The molecule has 0 atom stereocenters. The van der Waals surface area contributed by atoms with Gasteiger partial charge in [-0.05, 0) is 18.6 Å². The first-order valence-electron chi connectivity index (χ1n) is 7.15. The van der Waals surface area contributed by atoms with Gasteiger partial charge < -0.3 is 4.90 Å². The van der Waals surface area contributed by atoms with Crippen LogP contribution in [-0.2, 0) is 16.4 Å². The zero-order chi connectivity index (χ0) is 15.9. The fourth-order valence-corrected chi connectivity index (χ4v) is 5.77. The first-order chi connectivity index (χ1) is 10.4. The van der Waals surface area contributed by atoms with Crippen LogP contribution in [0.2, 0.25) is 0 Å². The summed E-state index contributed by atoms with van der Waals surface area (Å²) in [5, 5.41) is 1.14. The van der Waals surface area contributed by atoms with Gasteiger partial charge in [0.25, 0.3) is 5.91 Å². The van der Waals surface area contributed by atoms with Crippen molar-refractivity contribution in [2.45, 2.75) is 13.3 Å². The maximum Gasteiger partial charge on any atom is 0.264 e. The second kappa shape index (κ2) is 5.92. The Balaban J connectivity index is 1.72. The SMILES string of the molecule is CCc1cc2cc(C(=O)N3CCN(S(C)(=O)=O)CC3)sc2s1. The number of carbonyl (C=O) groups is 1. The standard InChI is InChI=1S/C14H18N2O3S3/c1-3-11-8-10-9-12(21-14(10)20-11)13(17)15-4-6-16(7-5-15)22(2,18)19/h8-9H,3-7H2,1-2H3. The van der Waals surface area contributed by atoms with Gasteiger partial charge >= 0.3 is 0 Å². The van der Waals surface area contributed by atoms with Crippen LogP contribution < -0.4 is 0 Å². The molecule has 1 amide bonds. The van der Waals surface area contributed by atoms with E-state index >= 15 is 0 Å². The third kappa shape index (κ3) is 3.05. The Labute approximate surface area is 138 Å². The Bertz CT molecular complexity index is 767. The summed E-state index contributed by atoms with van der Waals surface area (Å²) in [7, 11) is -3.16. The van der Waals surface area contributed by atoms with Crippen molar-refractivity contribution in [1.82, 2.24) is 9.21 Å². The molecule has 0 radical (unpaired) electrons. The van der Waals surface area contributed by atoms with E-state index in [1.165, 1.54) is 30.8 Å². The fraction of sp³-hybridized carbons (Fsp3) is 0.500. The zero-order valence-corrected chi connectivity index (χ0v) is 15.0. The maximum atomic E-state index is 12.6. The van der Waals surface area contributed by atoms with Gasteiger partial charge in [0.2, 0.25) is 10.0 Å². The number of carbonyl (C=O) groups excluding carboxylic acids is 1. The summed E-state index contributed by atoms with van der Waals surface area (Å²) in [5.74, 6) is 0.0135. The van der Waals surface area contributed by atoms with Crippen LogP contribution >= 0.6 is 22.7 Å². The molecule has 0 bridgehead atoms. The molecule has 120 valence electrons. The number of hydrogen-bond donors (Lipinski definition) is 0. The topological polar surface area (TPSA) is 57.7 Å². The van der Waals surface area contributed by atoms with Crippen LogP contribution in [0.25, 0.3) is 9.40 Å². The number of rotatable bonds is 3. The van der Waals surface area contributed by atoms with Gasteiger partial charge in [-0.2, -0.15) is 4.31 Å². The fourth-order valence-electron chi connectivity index (χ4n) is 2.55. The molecule has 1 fully saturated rings. The highest BCUT2D eigenvalue weighted by Gasteiger charge is 2.27. The Morgan fingerprint density at radius 1 is 1.18 bits per heavy atom. The summed E-state index contributed by atoms with van der Waals surface area (Å²) >= 11 is 3.28. The minimum Gasteiger partial charge on any atom is -0.335 e. The van der Waals surface area contributed by atoms with Crippen molar-refractivity contribution in [1.29, 1.82) is 0 Å². The molecule has 22 heavy (non-hydrogen) atoms. The summed E-state index contributed by atoms with van der Waals surface area (Å²) in [4.78, 5) is 16.4. The van der Waals surface area contributed by atoms with Crippen molar-refractivity contribution in [3.63, 3.8) is 0 Å². The number of sulfonamides is 1. The first-order valence-corrected chi connectivity index (χ1v) is 10.6. The van der Waals surface area contributed by atoms with E-state index in [1.54, 1.807) is 16.2 Å². The van der Waals surface area contributed by atoms with Gasteiger partial charge in [-0.15, -0.1) is 22.7 Å². The quantitative estimate of drug-likeness (QED) is 0.845. The van der Waals surface area contributed by atoms with Crippen LogP contribution in [0, 0.1) is 0 Å². The highest BCUT2D eigenvalue weighted by Crippen LogP contribution is 2.34. The summed E-state index contributed by atoms with van der Waals surface area (Å²) in [6.45, 7) is 3.80. The predicted octanol–water partition coefficient (Wildman–Crippen LogP) is 2.24. The average Bonchev–Trinajstić information content (AvgIpc) is 3.03. The van der Waals surface area contributed by atoms with Crippen LogP contribution in [0.5, 0.6) is 0 Å². The molecule has 1 aliphatic rings. The number of aryl methyl sites for hydroxylation is 1. The van der Waals surface area contributed by atoms with E-state index in [0.29, 0.717) is 26.2 Å². The van der Waals surface area contributed by atoms with Crippen molar-refractivity contribution >= 4 is 48.0 Å². The Hall–Kier alpha value is -0.960. The van der Waals surface area contributed by atoms with Crippen LogP contribution in [0.3, 0.4) is 0 Å². The molecule has 2 aromatic rings. The summed E-state index contributed by atoms with van der Waals surface area (Å²) < 4.78 is 25.6. The van der Waals surface area contributed by atoms with Crippen LogP contribution in [0.15, 0.2) is 12.1 Å². The van der Waals surface area contributed by atoms with E-state index in [-0.39, 0.29) is 5.91 Å². The van der Waals surface area contributed by atoms with Crippen LogP contribution in [-0.4, -0.2) is 56.0 Å². The minimum absolute atomic E-state index is 0.0135. The number of fused-ring (bicyclic) bond motifs is 1. The van der Waals surface area contributed by atoms with Gasteiger partial charge in [-0.3, -0.25) is 4.79 Å². The van der Waals surface area contributed by atoms with Crippen molar-refractivity contribution in [3.05, 3.63) is 21.9 Å². The second-order valence-electron chi connectivity index (χ2n) is 5.37. The zero-order valence-electron chi connectivity index (χ0n) is 12.5. The molecule has 1 saturated heterocycles. The lowest BCUT2D eigenvalue weighted by molar-refractivity contribution is 0.0703. The first kappa shape index (κ1) is 15.9. The molecule has 8 heteroatoms. The highest BCUT2D eigenvalue weighted by molar-refractivity contribution is 7.88. The monoisotopic (exact) mass is 358 g/mol. The lowest BCUT2D eigenvalue weighted by Crippen LogP contribution is -2.50. The molecule has 0 saturated carbocycles. The van der Waals surface area contributed by atoms with Crippen molar-refractivity contribution in [2.24, 2.45) is 0 Å². The predicted molar refractivity (Wildman–Crippen MR) is 91.4 cm³/mol. The van der Waals surface area contributed by atoms with Crippen LogP contribution in [0.4, 0.5) is 0 Å². The highest BCUT2D eigenvalue weighted by atomic mass is 32.2. The Morgan fingerprint density at radius 2 is 1.86 bits per heavy atom. The molecule has 3 rings (SSSR count).